The van der Waals surface area contributed by atoms with E-state index in [9.17, 15) is 9.59 Å². The summed E-state index contributed by atoms with van der Waals surface area (Å²) in [5.74, 6) is 0.0614. The van der Waals surface area contributed by atoms with Crippen LogP contribution < -0.4 is 9.64 Å². The van der Waals surface area contributed by atoms with Crippen LogP contribution in [0.5, 0.6) is 5.75 Å². The van der Waals surface area contributed by atoms with Crippen molar-refractivity contribution < 1.29 is 19.1 Å². The van der Waals surface area contributed by atoms with Crippen LogP contribution in [0.2, 0.25) is 0 Å². The number of rotatable bonds is 4. The van der Waals surface area contributed by atoms with E-state index in [0.717, 1.165) is 5.56 Å². The van der Waals surface area contributed by atoms with Crippen molar-refractivity contribution in [2.45, 2.75) is 0 Å². The van der Waals surface area contributed by atoms with Crippen LogP contribution in [0.4, 0.5) is 5.69 Å². The molecular weight excluding hydrogens is 344 g/mol. The molecule has 2 aromatic rings. The molecule has 0 aromatic heterocycles. The van der Waals surface area contributed by atoms with E-state index in [4.69, 9.17) is 9.47 Å². The van der Waals surface area contributed by atoms with Crippen molar-refractivity contribution >= 4 is 23.1 Å². The minimum absolute atomic E-state index is 0.300. The molecule has 0 aliphatic carbocycles. The second kappa shape index (κ2) is 7.25. The van der Waals surface area contributed by atoms with E-state index in [-0.39, 0.29) is 11.8 Å². The molecule has 1 fully saturated rings. The lowest BCUT2D eigenvalue weighted by molar-refractivity contribution is -0.121. The van der Waals surface area contributed by atoms with Crippen molar-refractivity contribution in [1.29, 1.82) is 0 Å². The van der Waals surface area contributed by atoms with Crippen molar-refractivity contribution in [3.8, 4) is 5.75 Å². The third-order valence-electron chi connectivity index (χ3n) is 4.78. The van der Waals surface area contributed by atoms with Gasteiger partial charge in [0.15, 0.2) is 0 Å². The number of hydrogen-bond acceptors (Lipinski definition) is 5. The first-order valence-corrected chi connectivity index (χ1v) is 8.86. The van der Waals surface area contributed by atoms with Gasteiger partial charge in [0, 0.05) is 13.1 Å². The number of amides is 2. The lowest BCUT2D eigenvalue weighted by Gasteiger charge is -2.29. The Morgan fingerprint density at radius 1 is 0.889 bits per heavy atom. The predicted octanol–water partition coefficient (Wildman–Crippen LogP) is 2.31. The molecule has 1 saturated heterocycles. The molecule has 2 aliphatic rings. The zero-order chi connectivity index (χ0) is 18.8. The van der Waals surface area contributed by atoms with E-state index in [0.29, 0.717) is 49.0 Å². The van der Waals surface area contributed by atoms with Crippen LogP contribution in [-0.2, 0) is 14.3 Å². The van der Waals surface area contributed by atoms with E-state index in [1.165, 1.54) is 4.90 Å². The average molecular weight is 364 g/mol. The van der Waals surface area contributed by atoms with Gasteiger partial charge >= 0.3 is 0 Å². The number of carbonyl (C=O) groups excluding carboxylic acids is 2. The number of methoxy groups -OCH3 is 1. The molecule has 2 aliphatic heterocycles. The quantitative estimate of drug-likeness (QED) is 0.780. The maximum absolute atomic E-state index is 13.3. The fourth-order valence-corrected chi connectivity index (χ4v) is 3.43. The van der Waals surface area contributed by atoms with Gasteiger partial charge in [0.25, 0.3) is 11.8 Å². The number of anilines is 1. The number of hydrogen-bond donors (Lipinski definition) is 0. The Morgan fingerprint density at radius 2 is 1.56 bits per heavy atom. The van der Waals surface area contributed by atoms with E-state index in [1.807, 2.05) is 35.2 Å². The molecule has 138 valence electrons. The lowest BCUT2D eigenvalue weighted by Crippen LogP contribution is -2.40. The zero-order valence-electron chi connectivity index (χ0n) is 15.1. The minimum Gasteiger partial charge on any atom is -0.497 e. The Hall–Kier alpha value is -3.12. The summed E-state index contributed by atoms with van der Waals surface area (Å²) in [6, 6.07) is 16.3. The second-order valence-electron chi connectivity index (χ2n) is 6.33. The smallest absolute Gasteiger partial charge is 0.282 e. The molecule has 0 spiro atoms. The van der Waals surface area contributed by atoms with Crippen LogP contribution in [0.1, 0.15) is 5.56 Å². The fourth-order valence-electron chi connectivity index (χ4n) is 3.43. The molecule has 27 heavy (non-hydrogen) atoms. The number of nitrogens with zero attached hydrogens (tertiary/aromatic N) is 2. The highest BCUT2D eigenvalue weighted by Crippen LogP contribution is 2.35. The fraction of sp³-hybridized carbons (Fsp3) is 0.238. The normalized spacial score (nSPS) is 17.7. The van der Waals surface area contributed by atoms with Gasteiger partial charge in [-0.2, -0.15) is 0 Å². The predicted molar refractivity (Wildman–Crippen MR) is 101 cm³/mol. The Bertz CT molecular complexity index is 884. The van der Waals surface area contributed by atoms with Crippen LogP contribution in [0, 0.1) is 0 Å². The molecule has 6 nitrogen and oxygen atoms in total. The van der Waals surface area contributed by atoms with Crippen LogP contribution in [0.25, 0.3) is 5.57 Å². The van der Waals surface area contributed by atoms with Crippen LogP contribution >= 0.6 is 0 Å². The van der Waals surface area contributed by atoms with Gasteiger partial charge in [0.1, 0.15) is 11.4 Å². The molecule has 0 bridgehead atoms. The molecule has 6 heteroatoms. The third kappa shape index (κ3) is 3.08. The van der Waals surface area contributed by atoms with E-state index in [1.54, 1.807) is 31.4 Å². The first-order valence-electron chi connectivity index (χ1n) is 8.86. The summed E-state index contributed by atoms with van der Waals surface area (Å²) in [6.45, 7) is 2.24. The van der Waals surface area contributed by atoms with Gasteiger partial charge in [-0.3, -0.25) is 9.59 Å². The van der Waals surface area contributed by atoms with E-state index >= 15 is 0 Å². The number of imide groups is 1. The van der Waals surface area contributed by atoms with Crippen molar-refractivity contribution in [3.63, 3.8) is 0 Å². The van der Waals surface area contributed by atoms with Gasteiger partial charge < -0.3 is 14.4 Å². The Balaban J connectivity index is 1.78. The molecule has 0 unspecified atom stereocenters. The Kier molecular flexibility index (Phi) is 4.64. The third-order valence-corrected chi connectivity index (χ3v) is 4.78. The lowest BCUT2D eigenvalue weighted by atomic mass is 10.0. The monoisotopic (exact) mass is 364 g/mol. The zero-order valence-corrected chi connectivity index (χ0v) is 15.1. The maximum Gasteiger partial charge on any atom is 0.282 e. The number of ether oxygens (including phenoxy) is 2. The van der Waals surface area contributed by atoms with Crippen molar-refractivity contribution in [2.75, 3.05) is 38.3 Å². The van der Waals surface area contributed by atoms with Crippen molar-refractivity contribution in [1.82, 2.24) is 4.90 Å². The van der Waals surface area contributed by atoms with E-state index in [2.05, 4.69) is 0 Å². The number of carbonyl (C=O) groups is 2. The van der Waals surface area contributed by atoms with Gasteiger partial charge in [-0.1, -0.05) is 30.3 Å². The summed E-state index contributed by atoms with van der Waals surface area (Å²) in [6.07, 6.45) is 0. The largest absolute Gasteiger partial charge is 0.497 e. The molecule has 0 saturated carbocycles. The first kappa shape index (κ1) is 17.3. The van der Waals surface area contributed by atoms with Crippen molar-refractivity contribution in [3.05, 3.63) is 65.9 Å². The SMILES string of the molecule is COc1ccc(N2C(=O)C(c3ccccc3)=C(N3CCOCC3)C2=O)cc1. The van der Waals surface area contributed by atoms with Crippen LogP contribution in [0.3, 0.4) is 0 Å². The molecule has 0 radical (unpaired) electrons. The van der Waals surface area contributed by atoms with E-state index < -0.39 is 0 Å². The summed E-state index contributed by atoms with van der Waals surface area (Å²) in [7, 11) is 1.58. The summed E-state index contributed by atoms with van der Waals surface area (Å²) < 4.78 is 10.6. The molecular formula is C21H20N2O4. The summed E-state index contributed by atoms with van der Waals surface area (Å²) in [5, 5.41) is 0. The highest BCUT2D eigenvalue weighted by atomic mass is 16.5. The van der Waals surface area contributed by atoms with Crippen LogP contribution in [0.15, 0.2) is 60.3 Å². The Morgan fingerprint density at radius 3 is 2.19 bits per heavy atom. The number of morpholine rings is 1. The average Bonchev–Trinajstić information content (AvgIpc) is 2.99. The summed E-state index contributed by atoms with van der Waals surface area (Å²) >= 11 is 0. The first-order chi connectivity index (χ1) is 13.2. The van der Waals surface area contributed by atoms with Gasteiger partial charge in [-0.05, 0) is 29.8 Å². The molecule has 2 aromatic carbocycles. The standard InChI is InChI=1S/C21H20N2O4/c1-26-17-9-7-16(8-10-17)23-20(24)18(15-5-3-2-4-6-15)19(21(23)25)22-11-13-27-14-12-22/h2-10H,11-14H2,1H3. The molecule has 4 rings (SSSR count). The maximum atomic E-state index is 13.3. The highest BCUT2D eigenvalue weighted by molar-refractivity contribution is 6.45. The van der Waals surface area contributed by atoms with Crippen molar-refractivity contribution in [2.24, 2.45) is 0 Å². The molecule has 2 amide bonds. The van der Waals surface area contributed by atoms with Crippen LogP contribution in [-0.4, -0.2) is 50.1 Å². The second-order valence-corrected chi connectivity index (χ2v) is 6.33. The number of benzene rings is 2. The molecule has 0 atom stereocenters. The van der Waals surface area contributed by atoms with Gasteiger partial charge in [0.05, 0.1) is 31.6 Å². The highest BCUT2D eigenvalue weighted by Gasteiger charge is 2.42. The topological polar surface area (TPSA) is 59.1 Å². The summed E-state index contributed by atoms with van der Waals surface area (Å²) in [4.78, 5) is 29.8. The molecule has 2 heterocycles. The summed E-state index contributed by atoms with van der Waals surface area (Å²) in [5.41, 5.74) is 2.17. The Labute approximate surface area is 157 Å². The van der Waals surface area contributed by atoms with Gasteiger partial charge in [-0.25, -0.2) is 4.90 Å². The minimum atomic E-state index is -0.308. The van der Waals surface area contributed by atoms with Gasteiger partial charge in [0.2, 0.25) is 0 Å². The van der Waals surface area contributed by atoms with Gasteiger partial charge in [-0.15, -0.1) is 0 Å². The molecule has 0 N–H and O–H groups in total.